The molecule has 0 amide bonds. The van der Waals surface area contributed by atoms with Crippen LogP contribution in [0.3, 0.4) is 0 Å². The first kappa shape index (κ1) is 25.5. The number of nitrogens with one attached hydrogen (secondary N) is 1. The number of aryl methyl sites for hydroxylation is 1. The molecule has 0 fully saturated rings. The lowest BCUT2D eigenvalue weighted by molar-refractivity contribution is -0.141. The van der Waals surface area contributed by atoms with E-state index in [-0.39, 0.29) is 29.6 Å². The molecule has 2 heterocycles. The minimum atomic E-state index is -4.53. The minimum Gasteiger partial charge on any atom is -0.443 e. The number of nitrogens with zero attached hydrogens (tertiary/aromatic N) is 1. The van der Waals surface area contributed by atoms with E-state index >= 15 is 0 Å². The van der Waals surface area contributed by atoms with Crippen LogP contribution in [0.2, 0.25) is 0 Å². The Labute approximate surface area is 204 Å². The number of fused-ring (bicyclic) bond motifs is 1. The molecule has 0 bridgehead atoms. The first-order valence-electron chi connectivity index (χ1n) is 10.8. The average Bonchev–Trinajstić information content (AvgIpc) is 3.26. The molecule has 0 saturated heterocycles. The van der Waals surface area contributed by atoms with Crippen molar-refractivity contribution in [3.05, 3.63) is 83.9 Å². The van der Waals surface area contributed by atoms with Gasteiger partial charge in [0, 0.05) is 29.6 Å². The highest BCUT2D eigenvalue weighted by Gasteiger charge is 2.32. The lowest BCUT2D eigenvalue weighted by Gasteiger charge is -2.12. The first-order valence-corrected chi connectivity index (χ1v) is 12.3. The maximum Gasteiger partial charge on any atom is 0.433 e. The van der Waals surface area contributed by atoms with Gasteiger partial charge in [-0.2, -0.15) is 17.9 Å². The summed E-state index contributed by atoms with van der Waals surface area (Å²) in [7, 11) is -4.17. The number of halogens is 4. The Balaban J connectivity index is 1.39. The maximum atomic E-state index is 13.4. The molecule has 1 N–H and O–H groups in total. The second-order valence-corrected chi connectivity index (χ2v) is 9.83. The molecule has 4 aromatic rings. The van der Waals surface area contributed by atoms with Crippen LogP contribution in [0.25, 0.3) is 22.1 Å². The summed E-state index contributed by atoms with van der Waals surface area (Å²) in [5.74, 6) is -0.912. The van der Waals surface area contributed by atoms with Crippen molar-refractivity contribution < 1.29 is 35.2 Å². The van der Waals surface area contributed by atoms with Crippen molar-refractivity contribution in [1.82, 2.24) is 9.71 Å². The van der Waals surface area contributed by atoms with E-state index in [9.17, 15) is 30.8 Å². The summed E-state index contributed by atoms with van der Waals surface area (Å²) < 4.78 is 84.4. The van der Waals surface area contributed by atoms with Gasteiger partial charge in [0.2, 0.25) is 5.09 Å². The van der Waals surface area contributed by atoms with Crippen molar-refractivity contribution in [3.63, 3.8) is 0 Å². The molecule has 2 aromatic heterocycles. The van der Waals surface area contributed by atoms with E-state index in [0.717, 1.165) is 30.0 Å². The zero-order valence-corrected chi connectivity index (χ0v) is 19.7. The predicted octanol–water partition coefficient (Wildman–Crippen LogP) is 5.52. The molecule has 0 aliphatic heterocycles. The normalized spacial score (nSPS) is 13.1. The summed E-state index contributed by atoms with van der Waals surface area (Å²) in [5, 5.41) is -0.155. The quantitative estimate of drug-likeness (QED) is 0.309. The van der Waals surface area contributed by atoms with E-state index in [1.165, 1.54) is 25.1 Å². The van der Waals surface area contributed by atoms with E-state index in [4.69, 9.17) is 4.42 Å². The third-order valence-electron chi connectivity index (χ3n) is 5.51. The van der Waals surface area contributed by atoms with Gasteiger partial charge in [0.1, 0.15) is 17.1 Å². The number of aromatic nitrogens is 1. The van der Waals surface area contributed by atoms with Crippen LogP contribution in [0.15, 0.2) is 76.4 Å². The molecule has 36 heavy (non-hydrogen) atoms. The second kappa shape index (κ2) is 9.82. The molecular weight excluding hydrogens is 500 g/mol. The summed E-state index contributed by atoms with van der Waals surface area (Å²) >= 11 is 0. The number of furan rings is 1. The van der Waals surface area contributed by atoms with Crippen molar-refractivity contribution >= 4 is 26.8 Å². The van der Waals surface area contributed by atoms with Crippen molar-refractivity contribution in [2.45, 2.75) is 37.1 Å². The zero-order chi connectivity index (χ0) is 26.1. The van der Waals surface area contributed by atoms with Crippen LogP contribution in [0, 0.1) is 5.82 Å². The van der Waals surface area contributed by atoms with Gasteiger partial charge >= 0.3 is 6.18 Å². The smallest absolute Gasteiger partial charge is 0.433 e. The van der Waals surface area contributed by atoms with Crippen LogP contribution in [0.4, 0.5) is 17.6 Å². The van der Waals surface area contributed by atoms with Gasteiger partial charge in [-0.25, -0.2) is 12.8 Å². The van der Waals surface area contributed by atoms with E-state index in [0.29, 0.717) is 11.1 Å². The molecule has 11 heteroatoms. The van der Waals surface area contributed by atoms with Gasteiger partial charge in [0.15, 0.2) is 5.78 Å². The number of carbonyl (C=O) groups is 1. The number of carbonyl (C=O) groups excluding carboxylic acids is 1. The topological polar surface area (TPSA) is 89.3 Å². The Morgan fingerprint density at radius 2 is 1.83 bits per heavy atom. The first-order chi connectivity index (χ1) is 16.9. The standard InChI is InChI=1S/C25H20F4N2O4S/c1-15(31-36(33,34)24-13-19-12-20(26)7-9-22(19)35-24)21(32)8-5-16-3-2-4-17(11-16)18-6-10-23(30-14-18)25(27,28)29/h2-4,6-7,9-15,31H,5,8H2,1H3/t15-/m0/s1. The number of benzene rings is 2. The third kappa shape index (κ3) is 5.80. The Hall–Kier alpha value is -3.57. The van der Waals surface area contributed by atoms with Crippen LogP contribution in [0.5, 0.6) is 0 Å². The molecular formula is C25H20F4N2O4S. The molecule has 0 spiro atoms. The summed E-state index contributed by atoms with van der Waals surface area (Å²) in [6.07, 6.45) is -3.09. The number of rotatable bonds is 8. The van der Waals surface area contributed by atoms with Gasteiger partial charge in [-0.05, 0) is 48.7 Å². The van der Waals surface area contributed by atoms with Crippen molar-refractivity contribution in [1.29, 1.82) is 0 Å². The van der Waals surface area contributed by atoms with Gasteiger partial charge in [0.05, 0.1) is 6.04 Å². The zero-order valence-electron chi connectivity index (χ0n) is 18.8. The number of alkyl halides is 3. The Morgan fingerprint density at radius 3 is 2.53 bits per heavy atom. The third-order valence-corrected chi connectivity index (χ3v) is 6.90. The molecule has 6 nitrogen and oxygen atoms in total. The molecule has 188 valence electrons. The number of pyridine rings is 1. The summed E-state index contributed by atoms with van der Waals surface area (Å²) in [6.45, 7) is 1.41. The number of ketones is 1. The molecule has 1 atom stereocenters. The molecule has 0 unspecified atom stereocenters. The van der Waals surface area contributed by atoms with Crippen molar-refractivity contribution in [2.75, 3.05) is 0 Å². The molecule has 0 aliphatic carbocycles. The second-order valence-electron chi connectivity index (χ2n) is 8.19. The van der Waals surface area contributed by atoms with Crippen LogP contribution < -0.4 is 4.72 Å². The number of hydrogen-bond acceptors (Lipinski definition) is 5. The summed E-state index contributed by atoms with van der Waals surface area (Å²) in [6, 6.07) is 12.9. The highest BCUT2D eigenvalue weighted by molar-refractivity contribution is 7.89. The van der Waals surface area contributed by atoms with Crippen LogP contribution >= 0.6 is 0 Å². The van der Waals surface area contributed by atoms with E-state index < -0.39 is 38.8 Å². The van der Waals surface area contributed by atoms with E-state index in [1.54, 1.807) is 24.3 Å². The van der Waals surface area contributed by atoms with Crippen LogP contribution in [-0.2, 0) is 27.4 Å². The van der Waals surface area contributed by atoms with Gasteiger partial charge in [-0.1, -0.05) is 30.3 Å². The Bertz CT molecular complexity index is 1510. The number of hydrogen-bond donors (Lipinski definition) is 1. The highest BCUT2D eigenvalue weighted by Crippen LogP contribution is 2.29. The SMILES string of the molecule is C[C@H](NS(=O)(=O)c1cc2cc(F)ccc2o1)C(=O)CCc1cccc(-c2ccc(C(F)(F)F)nc2)c1. The monoisotopic (exact) mass is 520 g/mol. The molecule has 0 saturated carbocycles. The van der Waals surface area contributed by atoms with Crippen molar-refractivity contribution in [3.8, 4) is 11.1 Å². The van der Waals surface area contributed by atoms with Gasteiger partial charge in [-0.15, -0.1) is 0 Å². The highest BCUT2D eigenvalue weighted by atomic mass is 32.2. The Kier molecular flexibility index (Phi) is 6.96. The summed E-state index contributed by atoms with van der Waals surface area (Å²) in [4.78, 5) is 16.1. The minimum absolute atomic E-state index is 0.0176. The molecule has 2 aromatic carbocycles. The van der Waals surface area contributed by atoms with Crippen molar-refractivity contribution in [2.24, 2.45) is 0 Å². The fourth-order valence-corrected chi connectivity index (χ4v) is 4.80. The van der Waals surface area contributed by atoms with Crippen LogP contribution in [0.1, 0.15) is 24.6 Å². The molecule has 0 aliphatic rings. The van der Waals surface area contributed by atoms with Gasteiger partial charge < -0.3 is 4.42 Å². The van der Waals surface area contributed by atoms with Crippen LogP contribution in [-0.4, -0.2) is 25.2 Å². The fourth-order valence-electron chi connectivity index (χ4n) is 3.60. The molecule has 4 rings (SSSR count). The van der Waals surface area contributed by atoms with Gasteiger partial charge in [0.25, 0.3) is 10.0 Å². The average molecular weight is 521 g/mol. The number of sulfonamides is 1. The lowest BCUT2D eigenvalue weighted by Crippen LogP contribution is -2.38. The lowest BCUT2D eigenvalue weighted by atomic mass is 10.00. The largest absolute Gasteiger partial charge is 0.443 e. The number of Topliss-reactive ketones (excluding diaryl/α,β-unsaturated/α-hetero) is 1. The Morgan fingerprint density at radius 1 is 1.06 bits per heavy atom. The molecule has 0 radical (unpaired) electrons. The fraction of sp³-hybridized carbons (Fsp3) is 0.200. The van der Waals surface area contributed by atoms with E-state index in [2.05, 4.69) is 9.71 Å². The summed E-state index contributed by atoms with van der Waals surface area (Å²) in [5.41, 5.74) is 1.08. The van der Waals surface area contributed by atoms with E-state index in [1.807, 2.05) is 0 Å². The predicted molar refractivity (Wildman–Crippen MR) is 124 cm³/mol. The maximum absolute atomic E-state index is 13.4. The van der Waals surface area contributed by atoms with Gasteiger partial charge in [-0.3, -0.25) is 9.78 Å².